The summed E-state index contributed by atoms with van der Waals surface area (Å²) in [6.45, 7) is 4.86. The highest BCUT2D eigenvalue weighted by Gasteiger charge is 2.57. The fraction of sp³-hybridized carbons (Fsp3) is 0.727. The number of carbonyl (C=O) groups is 3. The minimum absolute atomic E-state index is 0.160. The molecule has 6 nitrogen and oxygen atoms in total. The largest absolute Gasteiger partial charge is 0.480 e. The predicted octanol–water partition coefficient (Wildman–Crippen LogP) is -0.0364. The Labute approximate surface area is 99.8 Å². The van der Waals surface area contributed by atoms with Crippen molar-refractivity contribution in [3.8, 4) is 0 Å². The van der Waals surface area contributed by atoms with E-state index in [0.717, 1.165) is 4.90 Å². The number of hydrogen-bond donors (Lipinski definition) is 2. The van der Waals surface area contributed by atoms with Crippen LogP contribution in [0.25, 0.3) is 0 Å². The molecule has 1 aliphatic rings. The van der Waals surface area contributed by atoms with Crippen molar-refractivity contribution in [2.45, 2.75) is 39.2 Å². The third-order valence-corrected chi connectivity index (χ3v) is 3.40. The van der Waals surface area contributed by atoms with Crippen LogP contribution in [0.4, 0.5) is 0 Å². The van der Waals surface area contributed by atoms with Crippen molar-refractivity contribution in [2.75, 3.05) is 6.54 Å². The van der Waals surface area contributed by atoms with E-state index in [4.69, 9.17) is 10.8 Å². The number of carboxylic acid groups (broad SMARTS) is 1. The molecule has 1 rings (SSSR count). The number of primary amides is 1. The zero-order valence-electron chi connectivity index (χ0n) is 10.3. The van der Waals surface area contributed by atoms with Gasteiger partial charge in [0.05, 0.1) is 0 Å². The maximum absolute atomic E-state index is 11.7. The van der Waals surface area contributed by atoms with Crippen molar-refractivity contribution >= 4 is 17.8 Å². The average Bonchev–Trinajstić information content (AvgIpc) is 2.43. The lowest BCUT2D eigenvalue weighted by Crippen LogP contribution is -2.63. The maximum atomic E-state index is 11.7. The van der Waals surface area contributed by atoms with Gasteiger partial charge in [0, 0.05) is 6.42 Å². The average molecular weight is 242 g/mol. The molecule has 0 aromatic carbocycles. The minimum atomic E-state index is -1.21. The van der Waals surface area contributed by atoms with Crippen LogP contribution < -0.4 is 5.73 Å². The molecular weight excluding hydrogens is 224 g/mol. The molecule has 0 spiro atoms. The Hall–Kier alpha value is -1.59. The van der Waals surface area contributed by atoms with Crippen LogP contribution in [0.1, 0.15) is 33.6 Å². The van der Waals surface area contributed by atoms with Crippen molar-refractivity contribution in [2.24, 2.45) is 11.1 Å². The van der Waals surface area contributed by atoms with E-state index in [9.17, 15) is 14.4 Å². The summed E-state index contributed by atoms with van der Waals surface area (Å²) in [6.07, 6.45) is 0.436. The monoisotopic (exact) mass is 242 g/mol. The molecule has 3 N–H and O–H groups in total. The highest BCUT2D eigenvalue weighted by molar-refractivity contribution is 5.96. The van der Waals surface area contributed by atoms with Gasteiger partial charge in [0.15, 0.2) is 0 Å². The molecule has 1 fully saturated rings. The van der Waals surface area contributed by atoms with Crippen LogP contribution in [0.5, 0.6) is 0 Å². The highest BCUT2D eigenvalue weighted by Crippen LogP contribution is 2.43. The Morgan fingerprint density at radius 3 is 2.35 bits per heavy atom. The van der Waals surface area contributed by atoms with Crippen LogP contribution in [-0.2, 0) is 14.4 Å². The second-order valence-corrected chi connectivity index (χ2v) is 5.35. The summed E-state index contributed by atoms with van der Waals surface area (Å²) in [5.41, 5.74) is 3.62. The van der Waals surface area contributed by atoms with Crippen LogP contribution >= 0.6 is 0 Å². The van der Waals surface area contributed by atoms with Crippen LogP contribution in [-0.4, -0.2) is 39.9 Å². The lowest BCUT2D eigenvalue weighted by atomic mass is 9.71. The van der Waals surface area contributed by atoms with Crippen molar-refractivity contribution in [1.29, 1.82) is 0 Å². The molecule has 1 aliphatic heterocycles. The van der Waals surface area contributed by atoms with Crippen LogP contribution in [0.2, 0.25) is 0 Å². The molecule has 0 unspecified atom stereocenters. The minimum Gasteiger partial charge on any atom is -0.480 e. The van der Waals surface area contributed by atoms with Gasteiger partial charge in [0.2, 0.25) is 11.8 Å². The number of nitrogens with two attached hydrogens (primary N) is 1. The highest BCUT2D eigenvalue weighted by atomic mass is 16.4. The molecule has 0 radical (unpaired) electrons. The Kier molecular flexibility index (Phi) is 3.18. The Balaban J connectivity index is 3.25. The van der Waals surface area contributed by atoms with Gasteiger partial charge in [0.1, 0.15) is 12.1 Å². The van der Waals surface area contributed by atoms with E-state index < -0.39 is 29.4 Å². The standard InChI is InChI=1S/C11H18N2O4/c1-10(2,3)11(9(12)17)5-4-7(14)13(11)6-8(15)16/h4-6H2,1-3H3,(H2,12,17)(H,15,16)/t11-/m0/s1. The molecule has 1 atom stereocenters. The SMILES string of the molecule is CC(C)(C)[C@@]1(C(N)=O)CCC(=O)N1CC(=O)O. The third-order valence-electron chi connectivity index (χ3n) is 3.40. The van der Waals surface area contributed by atoms with Gasteiger partial charge in [-0.3, -0.25) is 14.4 Å². The molecule has 96 valence electrons. The summed E-state index contributed by atoms with van der Waals surface area (Å²) in [4.78, 5) is 35.4. The Morgan fingerprint density at radius 1 is 1.47 bits per heavy atom. The molecule has 1 saturated heterocycles. The topological polar surface area (TPSA) is 101 Å². The second-order valence-electron chi connectivity index (χ2n) is 5.35. The van der Waals surface area contributed by atoms with E-state index in [2.05, 4.69) is 0 Å². The van der Waals surface area contributed by atoms with Gasteiger partial charge < -0.3 is 15.7 Å². The first-order valence-electron chi connectivity index (χ1n) is 5.45. The van der Waals surface area contributed by atoms with Crippen molar-refractivity contribution in [3.63, 3.8) is 0 Å². The van der Waals surface area contributed by atoms with Gasteiger partial charge >= 0.3 is 5.97 Å². The van der Waals surface area contributed by atoms with E-state index in [-0.39, 0.29) is 18.7 Å². The summed E-state index contributed by atoms with van der Waals surface area (Å²) < 4.78 is 0. The number of likely N-dealkylation sites (tertiary alicyclic amines) is 1. The van der Waals surface area contributed by atoms with Crippen LogP contribution in [0, 0.1) is 5.41 Å². The lowest BCUT2D eigenvalue weighted by Gasteiger charge is -2.44. The Bertz CT molecular complexity index is 372. The lowest BCUT2D eigenvalue weighted by molar-refractivity contribution is -0.153. The van der Waals surface area contributed by atoms with Crippen LogP contribution in [0.15, 0.2) is 0 Å². The summed E-state index contributed by atoms with van der Waals surface area (Å²) in [5, 5.41) is 8.83. The summed E-state index contributed by atoms with van der Waals surface area (Å²) in [6, 6.07) is 0. The van der Waals surface area contributed by atoms with E-state index >= 15 is 0 Å². The van der Waals surface area contributed by atoms with E-state index in [1.165, 1.54) is 0 Å². The van der Waals surface area contributed by atoms with Gasteiger partial charge in [-0.1, -0.05) is 20.8 Å². The molecule has 0 saturated carbocycles. The molecule has 0 aromatic rings. The van der Waals surface area contributed by atoms with E-state index in [0.29, 0.717) is 0 Å². The maximum Gasteiger partial charge on any atom is 0.323 e. The molecule has 17 heavy (non-hydrogen) atoms. The number of aliphatic carboxylic acids is 1. The number of carboxylic acids is 1. The number of rotatable bonds is 3. The fourth-order valence-electron chi connectivity index (χ4n) is 2.53. The molecule has 0 aliphatic carbocycles. The van der Waals surface area contributed by atoms with Crippen LogP contribution in [0.3, 0.4) is 0 Å². The van der Waals surface area contributed by atoms with Gasteiger partial charge in [0.25, 0.3) is 0 Å². The van der Waals surface area contributed by atoms with Gasteiger partial charge in [-0.15, -0.1) is 0 Å². The summed E-state index contributed by atoms with van der Waals surface area (Å²) >= 11 is 0. The van der Waals surface area contributed by atoms with Crippen molar-refractivity contribution in [1.82, 2.24) is 4.90 Å². The smallest absolute Gasteiger partial charge is 0.323 e. The van der Waals surface area contributed by atoms with Crippen molar-refractivity contribution < 1.29 is 19.5 Å². The van der Waals surface area contributed by atoms with Crippen molar-refractivity contribution in [3.05, 3.63) is 0 Å². The second kappa shape index (κ2) is 4.01. The first kappa shape index (κ1) is 13.5. The molecule has 2 amide bonds. The first-order valence-corrected chi connectivity index (χ1v) is 5.45. The first-order chi connectivity index (χ1) is 7.63. The summed E-state index contributed by atoms with van der Waals surface area (Å²) in [5.74, 6) is -2.12. The zero-order valence-corrected chi connectivity index (χ0v) is 10.3. The third kappa shape index (κ3) is 1.99. The fourth-order valence-corrected chi connectivity index (χ4v) is 2.53. The molecule has 0 bridgehead atoms. The summed E-state index contributed by atoms with van der Waals surface area (Å²) in [7, 11) is 0. The zero-order chi connectivity index (χ0) is 13.4. The number of nitrogens with zero attached hydrogens (tertiary/aromatic N) is 1. The van der Waals surface area contributed by atoms with Gasteiger partial charge in [-0.05, 0) is 11.8 Å². The Morgan fingerprint density at radius 2 is 2.00 bits per heavy atom. The quantitative estimate of drug-likeness (QED) is 0.725. The molecule has 0 aromatic heterocycles. The van der Waals surface area contributed by atoms with Gasteiger partial charge in [-0.2, -0.15) is 0 Å². The molecule has 1 heterocycles. The number of hydrogen-bond acceptors (Lipinski definition) is 3. The van der Waals surface area contributed by atoms with Gasteiger partial charge in [-0.25, -0.2) is 0 Å². The molecular formula is C11H18N2O4. The normalized spacial score (nSPS) is 25.1. The predicted molar refractivity (Wildman–Crippen MR) is 60.0 cm³/mol. The number of carbonyl (C=O) groups excluding carboxylic acids is 2. The van der Waals surface area contributed by atoms with E-state index in [1.54, 1.807) is 20.8 Å². The molecule has 6 heteroatoms. The van der Waals surface area contributed by atoms with E-state index in [1.807, 2.05) is 0 Å². The number of amides is 2.